The summed E-state index contributed by atoms with van der Waals surface area (Å²) in [6.07, 6.45) is 1.95. The molecule has 0 saturated carbocycles. The molecular formula is C15H16N4OS. The minimum absolute atomic E-state index is 0.122. The molecule has 0 spiro atoms. The van der Waals surface area contributed by atoms with Crippen molar-refractivity contribution in [2.75, 3.05) is 7.11 Å². The molecule has 3 rings (SSSR count). The fourth-order valence-electron chi connectivity index (χ4n) is 2.23. The molecule has 0 bridgehead atoms. The minimum Gasteiger partial charge on any atom is -0.496 e. The molecule has 5 nitrogen and oxygen atoms in total. The molecule has 2 heterocycles. The Morgan fingerprint density at radius 1 is 1.19 bits per heavy atom. The van der Waals surface area contributed by atoms with E-state index < -0.39 is 0 Å². The van der Waals surface area contributed by atoms with Gasteiger partial charge in [0.15, 0.2) is 10.8 Å². The predicted molar refractivity (Wildman–Crippen MR) is 82.7 cm³/mol. The van der Waals surface area contributed by atoms with Crippen LogP contribution in [0.2, 0.25) is 0 Å². The van der Waals surface area contributed by atoms with Gasteiger partial charge < -0.3 is 10.5 Å². The summed E-state index contributed by atoms with van der Waals surface area (Å²) in [5, 5.41) is 9.21. The van der Waals surface area contributed by atoms with E-state index in [1.807, 2.05) is 53.9 Å². The molecule has 0 unspecified atom stereocenters. The number of aromatic nitrogens is 3. The first kappa shape index (κ1) is 13.9. The van der Waals surface area contributed by atoms with Crippen LogP contribution < -0.4 is 10.5 Å². The van der Waals surface area contributed by atoms with Gasteiger partial charge in [-0.1, -0.05) is 12.1 Å². The maximum atomic E-state index is 6.10. The van der Waals surface area contributed by atoms with Gasteiger partial charge in [-0.15, -0.1) is 10.2 Å². The van der Waals surface area contributed by atoms with Crippen molar-refractivity contribution in [1.29, 1.82) is 0 Å². The van der Waals surface area contributed by atoms with E-state index in [0.717, 1.165) is 27.0 Å². The first-order valence-electron chi connectivity index (χ1n) is 6.61. The number of hydrogen-bond donors (Lipinski definition) is 1. The summed E-state index contributed by atoms with van der Waals surface area (Å²) in [5.41, 5.74) is 7.90. The second-order valence-electron chi connectivity index (χ2n) is 4.67. The minimum atomic E-state index is -0.122. The van der Waals surface area contributed by atoms with Crippen molar-refractivity contribution in [2.45, 2.75) is 23.0 Å². The summed E-state index contributed by atoms with van der Waals surface area (Å²) in [7, 11) is 1.65. The summed E-state index contributed by atoms with van der Waals surface area (Å²) in [5.74, 6) is 0.795. The topological polar surface area (TPSA) is 65.4 Å². The van der Waals surface area contributed by atoms with Gasteiger partial charge in [0.25, 0.3) is 0 Å². The molecule has 3 aromatic rings. The molecule has 6 heteroatoms. The molecule has 0 saturated heterocycles. The molecule has 1 aromatic carbocycles. The number of hydrogen-bond acceptors (Lipinski definition) is 5. The second kappa shape index (κ2) is 5.75. The van der Waals surface area contributed by atoms with E-state index in [-0.39, 0.29) is 6.04 Å². The van der Waals surface area contributed by atoms with E-state index in [0.29, 0.717) is 0 Å². The van der Waals surface area contributed by atoms with Crippen molar-refractivity contribution in [3.63, 3.8) is 0 Å². The van der Waals surface area contributed by atoms with Crippen LogP contribution in [0.5, 0.6) is 5.75 Å². The lowest BCUT2D eigenvalue weighted by atomic mass is 10.1. The Balaban J connectivity index is 2.05. The van der Waals surface area contributed by atoms with Crippen molar-refractivity contribution < 1.29 is 4.74 Å². The molecule has 0 fully saturated rings. The summed E-state index contributed by atoms with van der Waals surface area (Å²) in [6, 6.07) is 11.6. The molecule has 1 atom stereocenters. The molecule has 2 N–H and O–H groups in total. The molecule has 0 radical (unpaired) electrons. The number of fused-ring (bicyclic) bond motifs is 1. The average molecular weight is 300 g/mol. The lowest BCUT2D eigenvalue weighted by Crippen LogP contribution is -2.08. The molecule has 0 aliphatic rings. The summed E-state index contributed by atoms with van der Waals surface area (Å²) >= 11 is 1.54. The second-order valence-corrected chi connectivity index (χ2v) is 5.68. The van der Waals surface area contributed by atoms with Crippen LogP contribution >= 0.6 is 11.8 Å². The average Bonchev–Trinajstić information content (AvgIpc) is 2.90. The van der Waals surface area contributed by atoms with Crippen LogP contribution in [0.15, 0.2) is 52.6 Å². The highest BCUT2D eigenvalue weighted by molar-refractivity contribution is 7.99. The van der Waals surface area contributed by atoms with E-state index >= 15 is 0 Å². The number of rotatable bonds is 4. The predicted octanol–water partition coefficient (Wildman–Crippen LogP) is 2.91. The van der Waals surface area contributed by atoms with Gasteiger partial charge in [0.05, 0.1) is 7.11 Å². The van der Waals surface area contributed by atoms with Crippen LogP contribution in [-0.4, -0.2) is 21.7 Å². The van der Waals surface area contributed by atoms with Crippen LogP contribution in [0.25, 0.3) is 5.65 Å². The standard InChI is InChI=1S/C15H16N4OS/c1-10(16)14-11(20-2)6-5-7-12(14)21-15-18-17-13-8-3-4-9-19(13)15/h3-10H,16H2,1-2H3/t10-/m1/s1. The third-order valence-electron chi connectivity index (χ3n) is 3.19. The lowest BCUT2D eigenvalue weighted by Gasteiger charge is -2.15. The highest BCUT2D eigenvalue weighted by atomic mass is 32.2. The van der Waals surface area contributed by atoms with Crippen molar-refractivity contribution in [1.82, 2.24) is 14.6 Å². The summed E-state index contributed by atoms with van der Waals surface area (Å²) in [6.45, 7) is 1.95. The number of ether oxygens (including phenoxy) is 1. The Bertz CT molecular complexity index is 769. The van der Waals surface area contributed by atoms with Gasteiger partial charge in [-0.2, -0.15) is 0 Å². The molecule has 0 amide bonds. The Hall–Kier alpha value is -2.05. The highest BCUT2D eigenvalue weighted by Crippen LogP contribution is 2.37. The van der Waals surface area contributed by atoms with Gasteiger partial charge in [-0.05, 0) is 43.0 Å². The smallest absolute Gasteiger partial charge is 0.200 e. The third kappa shape index (κ3) is 2.59. The van der Waals surface area contributed by atoms with E-state index in [4.69, 9.17) is 10.5 Å². The number of benzene rings is 1. The summed E-state index contributed by atoms with van der Waals surface area (Å²) in [4.78, 5) is 1.03. The van der Waals surface area contributed by atoms with Gasteiger partial charge in [0.2, 0.25) is 0 Å². The van der Waals surface area contributed by atoms with Crippen molar-refractivity contribution in [3.05, 3.63) is 48.2 Å². The Morgan fingerprint density at radius 2 is 2.05 bits per heavy atom. The molecule has 108 valence electrons. The summed E-state index contributed by atoms with van der Waals surface area (Å²) < 4.78 is 7.37. The number of nitrogens with zero attached hydrogens (tertiary/aromatic N) is 3. The van der Waals surface area contributed by atoms with Crippen LogP contribution in [0, 0.1) is 0 Å². The van der Waals surface area contributed by atoms with E-state index in [2.05, 4.69) is 10.2 Å². The highest BCUT2D eigenvalue weighted by Gasteiger charge is 2.16. The number of methoxy groups -OCH3 is 1. The fraction of sp³-hybridized carbons (Fsp3) is 0.200. The first-order valence-corrected chi connectivity index (χ1v) is 7.42. The Labute approximate surface area is 127 Å². The van der Waals surface area contributed by atoms with Gasteiger partial charge in [0, 0.05) is 22.7 Å². The molecule has 2 aromatic heterocycles. The van der Waals surface area contributed by atoms with Crippen molar-refractivity contribution in [2.24, 2.45) is 5.73 Å². The number of nitrogens with two attached hydrogens (primary N) is 1. The van der Waals surface area contributed by atoms with Gasteiger partial charge in [-0.3, -0.25) is 4.40 Å². The lowest BCUT2D eigenvalue weighted by molar-refractivity contribution is 0.405. The maximum Gasteiger partial charge on any atom is 0.200 e. The van der Waals surface area contributed by atoms with Gasteiger partial charge in [0.1, 0.15) is 5.75 Å². The number of pyridine rings is 1. The zero-order valence-corrected chi connectivity index (χ0v) is 12.7. The van der Waals surface area contributed by atoms with Crippen molar-refractivity contribution in [3.8, 4) is 5.75 Å². The maximum absolute atomic E-state index is 6.10. The zero-order valence-electron chi connectivity index (χ0n) is 11.9. The van der Waals surface area contributed by atoms with E-state index in [1.54, 1.807) is 7.11 Å². The molecule has 0 aliphatic heterocycles. The van der Waals surface area contributed by atoms with Crippen LogP contribution in [-0.2, 0) is 0 Å². The molecular weight excluding hydrogens is 284 g/mol. The third-order valence-corrected chi connectivity index (χ3v) is 4.22. The van der Waals surface area contributed by atoms with Crippen LogP contribution in [0.4, 0.5) is 0 Å². The zero-order chi connectivity index (χ0) is 14.8. The van der Waals surface area contributed by atoms with Crippen LogP contribution in [0.1, 0.15) is 18.5 Å². The van der Waals surface area contributed by atoms with Gasteiger partial charge in [-0.25, -0.2) is 0 Å². The van der Waals surface area contributed by atoms with Gasteiger partial charge >= 0.3 is 0 Å². The first-order chi connectivity index (χ1) is 10.2. The fourth-order valence-corrected chi connectivity index (χ4v) is 3.30. The van der Waals surface area contributed by atoms with E-state index in [1.165, 1.54) is 11.8 Å². The Kier molecular flexibility index (Phi) is 3.81. The largest absolute Gasteiger partial charge is 0.496 e. The Morgan fingerprint density at radius 3 is 2.81 bits per heavy atom. The SMILES string of the molecule is COc1cccc(Sc2nnc3ccccn23)c1[C@@H](C)N. The molecule has 21 heavy (non-hydrogen) atoms. The quantitative estimate of drug-likeness (QED) is 0.802. The van der Waals surface area contributed by atoms with E-state index in [9.17, 15) is 0 Å². The van der Waals surface area contributed by atoms with Crippen LogP contribution in [0.3, 0.4) is 0 Å². The normalized spacial score (nSPS) is 12.5. The van der Waals surface area contributed by atoms with Crippen molar-refractivity contribution >= 4 is 17.4 Å². The molecule has 0 aliphatic carbocycles. The monoisotopic (exact) mass is 300 g/mol.